The van der Waals surface area contributed by atoms with Gasteiger partial charge in [-0.15, -0.1) is 11.3 Å². The summed E-state index contributed by atoms with van der Waals surface area (Å²) in [4.78, 5) is 29.5. The number of anilines is 1. The highest BCUT2D eigenvalue weighted by atomic mass is 79.9. The van der Waals surface area contributed by atoms with Crippen molar-refractivity contribution in [3.8, 4) is 0 Å². The minimum Gasteiger partial charge on any atom is -0.305 e. The minimum absolute atomic E-state index is 0.164. The molecule has 1 aromatic carbocycles. The lowest BCUT2D eigenvalue weighted by Gasteiger charge is -2.09. The Morgan fingerprint density at radius 1 is 1.12 bits per heavy atom. The quantitative estimate of drug-likeness (QED) is 0.649. The number of benzene rings is 1. The number of amides is 1. The van der Waals surface area contributed by atoms with E-state index in [-0.39, 0.29) is 23.1 Å². The topological polar surface area (TPSA) is 59.1 Å². The number of nitrogens with zero attached hydrogens (tertiary/aromatic N) is 1. The first-order valence-corrected chi connectivity index (χ1v) is 8.53. The van der Waals surface area contributed by atoms with E-state index in [2.05, 4.69) is 26.2 Å². The summed E-state index contributed by atoms with van der Waals surface area (Å²) in [7, 11) is 0. The van der Waals surface area contributed by atoms with Crippen molar-refractivity contribution in [1.82, 2.24) is 4.98 Å². The Kier molecular flexibility index (Phi) is 4.82. The molecule has 3 aromatic rings. The van der Waals surface area contributed by atoms with Gasteiger partial charge in [-0.25, -0.2) is 9.37 Å². The second-order valence-electron chi connectivity index (χ2n) is 4.79. The van der Waals surface area contributed by atoms with Crippen molar-refractivity contribution >= 4 is 44.8 Å². The summed E-state index contributed by atoms with van der Waals surface area (Å²) in [6.07, 6.45) is 1.49. The van der Waals surface area contributed by atoms with Crippen LogP contribution >= 0.6 is 27.3 Å². The molecular weight excluding hydrogens is 395 g/mol. The molecule has 0 saturated heterocycles. The van der Waals surface area contributed by atoms with Crippen molar-refractivity contribution in [2.75, 3.05) is 5.32 Å². The Morgan fingerprint density at radius 2 is 1.88 bits per heavy atom. The zero-order valence-corrected chi connectivity index (χ0v) is 14.5. The Hall–Kier alpha value is -2.38. The molecule has 7 heteroatoms. The molecule has 0 radical (unpaired) electrons. The van der Waals surface area contributed by atoms with E-state index in [0.717, 1.165) is 0 Å². The summed E-state index contributed by atoms with van der Waals surface area (Å²) in [5.74, 6) is -0.960. The number of ketones is 1. The molecule has 0 aliphatic heterocycles. The number of rotatable bonds is 4. The smallest absolute Gasteiger partial charge is 0.268 e. The van der Waals surface area contributed by atoms with Crippen molar-refractivity contribution < 1.29 is 14.0 Å². The fourth-order valence-corrected chi connectivity index (χ4v) is 3.51. The number of hydrogen-bond acceptors (Lipinski definition) is 4. The predicted octanol–water partition coefficient (Wildman–Crippen LogP) is 4.53. The van der Waals surface area contributed by atoms with E-state index in [1.54, 1.807) is 23.6 Å². The third-order valence-corrected chi connectivity index (χ3v) is 5.05. The summed E-state index contributed by atoms with van der Waals surface area (Å²) >= 11 is 4.57. The fourth-order valence-electron chi connectivity index (χ4n) is 2.06. The summed E-state index contributed by atoms with van der Waals surface area (Å²) in [6, 6.07) is 10.2. The van der Waals surface area contributed by atoms with E-state index < -0.39 is 5.82 Å². The van der Waals surface area contributed by atoms with Crippen LogP contribution in [0.15, 0.2) is 58.5 Å². The van der Waals surface area contributed by atoms with Gasteiger partial charge in [-0.1, -0.05) is 0 Å². The lowest BCUT2D eigenvalue weighted by atomic mass is 10.0. The van der Waals surface area contributed by atoms with Gasteiger partial charge in [0.25, 0.3) is 5.91 Å². The molecular formula is C17H10BrFN2O2S. The SMILES string of the molecule is O=C(c1ccc(F)cc1)c1cccnc1NC(=O)c1sccc1Br. The Morgan fingerprint density at radius 3 is 2.54 bits per heavy atom. The highest BCUT2D eigenvalue weighted by molar-refractivity contribution is 9.10. The summed E-state index contributed by atoms with van der Waals surface area (Å²) < 4.78 is 13.7. The van der Waals surface area contributed by atoms with E-state index >= 15 is 0 Å². The Labute approximate surface area is 149 Å². The third-order valence-electron chi connectivity index (χ3n) is 3.21. The predicted molar refractivity (Wildman–Crippen MR) is 94.0 cm³/mol. The maximum absolute atomic E-state index is 13.0. The molecule has 0 fully saturated rings. The van der Waals surface area contributed by atoms with Crippen LogP contribution in [0.2, 0.25) is 0 Å². The molecule has 0 aliphatic carbocycles. The molecule has 1 N–H and O–H groups in total. The number of halogens is 2. The van der Waals surface area contributed by atoms with Crippen LogP contribution in [0.3, 0.4) is 0 Å². The fraction of sp³-hybridized carbons (Fsp3) is 0. The number of hydrogen-bond donors (Lipinski definition) is 1. The van der Waals surface area contributed by atoms with Crippen LogP contribution in [0.4, 0.5) is 10.2 Å². The maximum atomic E-state index is 13.0. The molecule has 3 rings (SSSR count). The van der Waals surface area contributed by atoms with Gasteiger partial charge in [0, 0.05) is 16.2 Å². The number of carbonyl (C=O) groups excluding carboxylic acids is 2. The average Bonchev–Trinajstić information content (AvgIpc) is 3.01. The highest BCUT2D eigenvalue weighted by Crippen LogP contribution is 2.24. The van der Waals surface area contributed by atoms with E-state index in [0.29, 0.717) is 14.9 Å². The molecule has 2 heterocycles. The van der Waals surface area contributed by atoms with Crippen LogP contribution in [0.5, 0.6) is 0 Å². The maximum Gasteiger partial charge on any atom is 0.268 e. The zero-order chi connectivity index (χ0) is 17.1. The van der Waals surface area contributed by atoms with Crippen molar-refractivity contribution in [1.29, 1.82) is 0 Å². The number of aromatic nitrogens is 1. The van der Waals surface area contributed by atoms with Gasteiger partial charge in [-0.3, -0.25) is 9.59 Å². The molecule has 120 valence electrons. The van der Waals surface area contributed by atoms with Crippen LogP contribution in [0, 0.1) is 5.82 Å². The van der Waals surface area contributed by atoms with Gasteiger partial charge in [-0.2, -0.15) is 0 Å². The molecule has 0 atom stereocenters. The van der Waals surface area contributed by atoms with Crippen LogP contribution in [0.1, 0.15) is 25.6 Å². The minimum atomic E-state index is -0.422. The summed E-state index contributed by atoms with van der Waals surface area (Å²) in [5.41, 5.74) is 0.558. The number of nitrogens with one attached hydrogen (secondary N) is 1. The van der Waals surface area contributed by atoms with E-state index in [9.17, 15) is 14.0 Å². The van der Waals surface area contributed by atoms with Gasteiger partial charge >= 0.3 is 0 Å². The van der Waals surface area contributed by atoms with Gasteiger partial charge in [0.05, 0.1) is 5.56 Å². The molecule has 1 amide bonds. The highest BCUT2D eigenvalue weighted by Gasteiger charge is 2.18. The molecule has 2 aromatic heterocycles. The standard InChI is InChI=1S/C17H10BrFN2O2S/c18-13-7-9-24-15(13)17(23)21-16-12(2-1-8-20-16)14(22)10-3-5-11(19)6-4-10/h1-9H,(H,20,21,23). The van der Waals surface area contributed by atoms with E-state index in [1.165, 1.54) is 41.8 Å². The second kappa shape index (κ2) is 7.02. The van der Waals surface area contributed by atoms with Crippen LogP contribution in [0.25, 0.3) is 0 Å². The zero-order valence-electron chi connectivity index (χ0n) is 12.1. The van der Waals surface area contributed by atoms with Crippen molar-refractivity contribution in [3.05, 3.63) is 80.3 Å². The first kappa shape index (κ1) is 16.5. The van der Waals surface area contributed by atoms with E-state index in [4.69, 9.17) is 0 Å². The molecule has 0 saturated carbocycles. The molecule has 0 bridgehead atoms. The number of carbonyl (C=O) groups is 2. The lowest BCUT2D eigenvalue weighted by Crippen LogP contribution is -2.15. The van der Waals surface area contributed by atoms with Crippen molar-refractivity contribution in [3.63, 3.8) is 0 Å². The lowest BCUT2D eigenvalue weighted by molar-refractivity contribution is 0.102. The van der Waals surface area contributed by atoms with E-state index in [1.807, 2.05) is 0 Å². The monoisotopic (exact) mass is 404 g/mol. The summed E-state index contributed by atoms with van der Waals surface area (Å²) in [6.45, 7) is 0. The Balaban J connectivity index is 1.91. The van der Waals surface area contributed by atoms with Crippen molar-refractivity contribution in [2.45, 2.75) is 0 Å². The molecule has 0 unspecified atom stereocenters. The normalized spacial score (nSPS) is 10.4. The van der Waals surface area contributed by atoms with Crippen LogP contribution in [-0.2, 0) is 0 Å². The Bertz CT molecular complexity index is 909. The van der Waals surface area contributed by atoms with Gasteiger partial charge < -0.3 is 5.32 Å². The molecule has 4 nitrogen and oxygen atoms in total. The molecule has 24 heavy (non-hydrogen) atoms. The summed E-state index contributed by atoms with van der Waals surface area (Å²) in [5, 5.41) is 4.43. The average molecular weight is 405 g/mol. The van der Waals surface area contributed by atoms with Crippen LogP contribution in [-0.4, -0.2) is 16.7 Å². The van der Waals surface area contributed by atoms with Gasteiger partial charge in [0.2, 0.25) is 0 Å². The van der Waals surface area contributed by atoms with Crippen LogP contribution < -0.4 is 5.32 Å². The molecule has 0 spiro atoms. The number of thiophene rings is 1. The van der Waals surface area contributed by atoms with Gasteiger partial charge in [-0.05, 0) is 63.8 Å². The third kappa shape index (κ3) is 3.42. The van der Waals surface area contributed by atoms with Gasteiger partial charge in [0.15, 0.2) is 5.78 Å². The molecule has 0 aliphatic rings. The number of pyridine rings is 1. The van der Waals surface area contributed by atoms with Crippen molar-refractivity contribution in [2.24, 2.45) is 0 Å². The first-order valence-electron chi connectivity index (χ1n) is 6.86. The first-order chi connectivity index (χ1) is 11.6. The second-order valence-corrected chi connectivity index (χ2v) is 6.56. The largest absolute Gasteiger partial charge is 0.305 e. The van der Waals surface area contributed by atoms with Gasteiger partial charge in [0.1, 0.15) is 16.5 Å².